The Morgan fingerprint density at radius 2 is 2.15 bits per heavy atom. The summed E-state index contributed by atoms with van der Waals surface area (Å²) < 4.78 is 32.9. The van der Waals surface area contributed by atoms with Gasteiger partial charge in [-0.15, -0.1) is 0 Å². The van der Waals surface area contributed by atoms with E-state index in [9.17, 15) is 13.2 Å². The highest BCUT2D eigenvalue weighted by Crippen LogP contribution is 2.19. The molecule has 104 valence electrons. The van der Waals surface area contributed by atoms with E-state index in [0.717, 1.165) is 0 Å². The van der Waals surface area contributed by atoms with E-state index < -0.39 is 15.8 Å². The van der Waals surface area contributed by atoms with E-state index in [1.54, 1.807) is 7.05 Å². The van der Waals surface area contributed by atoms with Crippen LogP contribution in [0.15, 0.2) is 44.6 Å². The number of anilines is 1. The summed E-state index contributed by atoms with van der Waals surface area (Å²) in [6.45, 7) is 0. The molecule has 0 aliphatic carbocycles. The van der Waals surface area contributed by atoms with Crippen molar-refractivity contribution in [2.24, 2.45) is 7.05 Å². The van der Waals surface area contributed by atoms with Gasteiger partial charge in [0, 0.05) is 19.2 Å². The van der Waals surface area contributed by atoms with Crippen molar-refractivity contribution >= 4 is 26.9 Å². The highest BCUT2D eigenvalue weighted by molar-refractivity contribution is 7.92. The van der Waals surface area contributed by atoms with Crippen LogP contribution in [0.1, 0.15) is 0 Å². The number of nitrogens with zero attached hydrogens (tertiary/aromatic N) is 2. The van der Waals surface area contributed by atoms with Crippen LogP contribution in [-0.2, 0) is 17.1 Å². The van der Waals surface area contributed by atoms with Gasteiger partial charge in [-0.1, -0.05) is 0 Å². The molecule has 0 bridgehead atoms. The Labute approximate surface area is 113 Å². The number of rotatable bonds is 3. The van der Waals surface area contributed by atoms with Crippen molar-refractivity contribution in [3.8, 4) is 0 Å². The molecule has 2 N–H and O–H groups in total. The van der Waals surface area contributed by atoms with Gasteiger partial charge in [-0.3, -0.25) is 14.4 Å². The molecule has 1 aromatic carbocycles. The molecule has 0 spiro atoms. The van der Waals surface area contributed by atoms with E-state index >= 15 is 0 Å². The number of H-pyrrole nitrogens is 1. The molecule has 9 heteroatoms. The van der Waals surface area contributed by atoms with Crippen LogP contribution in [-0.4, -0.2) is 23.2 Å². The fraction of sp³-hybridized carbons (Fsp3) is 0.0909. The predicted molar refractivity (Wildman–Crippen MR) is 70.9 cm³/mol. The zero-order valence-corrected chi connectivity index (χ0v) is 11.1. The molecule has 3 rings (SSSR count). The smallest absolute Gasteiger partial charge is 0.408 e. The van der Waals surface area contributed by atoms with E-state index in [1.165, 1.54) is 35.0 Å². The summed E-state index contributed by atoms with van der Waals surface area (Å²) >= 11 is 0. The highest BCUT2D eigenvalue weighted by Gasteiger charge is 2.17. The van der Waals surface area contributed by atoms with Crippen molar-refractivity contribution in [3.05, 3.63) is 41.0 Å². The molecule has 0 unspecified atom stereocenters. The van der Waals surface area contributed by atoms with Crippen LogP contribution in [0.3, 0.4) is 0 Å². The lowest BCUT2D eigenvalue weighted by molar-refractivity contribution is 0.527. The second kappa shape index (κ2) is 4.23. The van der Waals surface area contributed by atoms with E-state index in [1.807, 2.05) is 0 Å². The zero-order chi connectivity index (χ0) is 14.3. The minimum absolute atomic E-state index is 0.00560. The third kappa shape index (κ3) is 1.97. The van der Waals surface area contributed by atoms with Crippen LogP contribution >= 0.6 is 0 Å². The molecule has 20 heavy (non-hydrogen) atoms. The minimum atomic E-state index is -3.77. The number of fused-ring (bicyclic) bond motifs is 1. The van der Waals surface area contributed by atoms with Gasteiger partial charge in [-0.2, -0.15) is 5.10 Å². The van der Waals surface area contributed by atoms with Crippen molar-refractivity contribution in [2.75, 3.05) is 4.72 Å². The van der Waals surface area contributed by atoms with E-state index in [4.69, 9.17) is 4.42 Å². The molecule has 0 saturated carbocycles. The molecule has 0 amide bonds. The van der Waals surface area contributed by atoms with Gasteiger partial charge < -0.3 is 4.42 Å². The number of hydrogen-bond acceptors (Lipinski definition) is 5. The summed E-state index contributed by atoms with van der Waals surface area (Å²) in [5.41, 5.74) is 0.737. The maximum Gasteiger partial charge on any atom is 0.419 e. The zero-order valence-electron chi connectivity index (χ0n) is 10.3. The monoisotopic (exact) mass is 294 g/mol. The first-order valence-electron chi connectivity index (χ1n) is 5.59. The van der Waals surface area contributed by atoms with Gasteiger partial charge in [0.25, 0.3) is 10.0 Å². The van der Waals surface area contributed by atoms with Crippen molar-refractivity contribution in [2.45, 2.75) is 4.90 Å². The molecule has 3 aromatic rings. The lowest BCUT2D eigenvalue weighted by Crippen LogP contribution is -2.13. The first kappa shape index (κ1) is 12.5. The number of sulfonamides is 1. The fourth-order valence-corrected chi connectivity index (χ4v) is 2.83. The van der Waals surface area contributed by atoms with Crippen molar-refractivity contribution < 1.29 is 12.8 Å². The molecule has 2 heterocycles. The molecule has 0 saturated heterocycles. The first-order chi connectivity index (χ1) is 9.47. The van der Waals surface area contributed by atoms with Crippen LogP contribution in [0.4, 0.5) is 5.82 Å². The molecule has 8 nitrogen and oxygen atoms in total. The van der Waals surface area contributed by atoms with E-state index in [2.05, 4.69) is 14.9 Å². The molecular weight excluding hydrogens is 284 g/mol. The molecule has 0 radical (unpaired) electrons. The van der Waals surface area contributed by atoms with Crippen LogP contribution in [0, 0.1) is 0 Å². The Bertz CT molecular complexity index is 921. The summed E-state index contributed by atoms with van der Waals surface area (Å²) in [5.74, 6) is -0.296. The average Bonchev–Trinajstić information content (AvgIpc) is 2.98. The number of aromatic nitrogens is 3. The van der Waals surface area contributed by atoms with Crippen LogP contribution in [0.5, 0.6) is 0 Å². The Morgan fingerprint density at radius 3 is 2.85 bits per heavy atom. The third-order valence-electron chi connectivity index (χ3n) is 2.82. The third-order valence-corrected chi connectivity index (χ3v) is 4.18. The van der Waals surface area contributed by atoms with Gasteiger partial charge in [0.2, 0.25) is 0 Å². The maximum absolute atomic E-state index is 12.1. The van der Waals surface area contributed by atoms with Gasteiger partial charge in [-0.25, -0.2) is 13.2 Å². The average molecular weight is 294 g/mol. The lowest BCUT2D eigenvalue weighted by Gasteiger charge is -2.05. The lowest BCUT2D eigenvalue weighted by atomic mass is 10.3. The SMILES string of the molecule is Cn1c(=O)oc2cc(S(=O)(=O)Nc3ccn[nH]3)ccc21. The Kier molecular flexibility index (Phi) is 2.64. The summed E-state index contributed by atoms with van der Waals surface area (Å²) in [4.78, 5) is 11.4. The number of aromatic amines is 1. The summed E-state index contributed by atoms with van der Waals surface area (Å²) in [7, 11) is -2.22. The van der Waals surface area contributed by atoms with Gasteiger partial charge in [0.05, 0.1) is 16.6 Å². The summed E-state index contributed by atoms with van der Waals surface area (Å²) in [5, 5.41) is 6.15. The molecular formula is C11H10N4O4S. The quantitative estimate of drug-likeness (QED) is 0.737. The predicted octanol–water partition coefficient (Wildman–Crippen LogP) is 0.655. The number of hydrogen-bond donors (Lipinski definition) is 2. The van der Waals surface area contributed by atoms with Gasteiger partial charge in [-0.05, 0) is 12.1 Å². The molecule has 2 aromatic heterocycles. The largest absolute Gasteiger partial charge is 0.419 e. The Hall–Kier alpha value is -2.55. The van der Waals surface area contributed by atoms with Crippen molar-refractivity contribution in [1.82, 2.24) is 14.8 Å². The van der Waals surface area contributed by atoms with E-state index in [0.29, 0.717) is 5.52 Å². The van der Waals surface area contributed by atoms with Crippen molar-refractivity contribution in [3.63, 3.8) is 0 Å². The standard InChI is InChI=1S/C11H10N4O4S/c1-15-8-3-2-7(6-9(8)19-11(15)16)20(17,18)14-10-4-5-12-13-10/h2-6H,1H3,(H2,12,13,14). The second-order valence-electron chi connectivity index (χ2n) is 4.13. The summed E-state index contributed by atoms with van der Waals surface area (Å²) in [6, 6.07) is 5.70. The number of benzene rings is 1. The topological polar surface area (TPSA) is 110 Å². The summed E-state index contributed by atoms with van der Waals surface area (Å²) in [6.07, 6.45) is 1.43. The number of aryl methyl sites for hydroxylation is 1. The van der Waals surface area contributed by atoms with Crippen molar-refractivity contribution in [1.29, 1.82) is 0 Å². The minimum Gasteiger partial charge on any atom is -0.408 e. The van der Waals surface area contributed by atoms with E-state index in [-0.39, 0.29) is 16.3 Å². The van der Waals surface area contributed by atoms with Gasteiger partial charge in [0.1, 0.15) is 5.82 Å². The molecule has 0 aliphatic heterocycles. The maximum atomic E-state index is 12.1. The molecule has 0 fully saturated rings. The second-order valence-corrected chi connectivity index (χ2v) is 5.81. The van der Waals surface area contributed by atoms with Gasteiger partial charge in [0.15, 0.2) is 5.58 Å². The Morgan fingerprint density at radius 1 is 1.35 bits per heavy atom. The highest BCUT2D eigenvalue weighted by atomic mass is 32.2. The molecule has 0 atom stereocenters. The first-order valence-corrected chi connectivity index (χ1v) is 7.07. The van der Waals surface area contributed by atoms with Crippen LogP contribution in [0.2, 0.25) is 0 Å². The fourth-order valence-electron chi connectivity index (χ4n) is 1.80. The normalized spacial score (nSPS) is 11.8. The van der Waals surface area contributed by atoms with Crippen LogP contribution < -0.4 is 10.5 Å². The molecule has 0 aliphatic rings. The van der Waals surface area contributed by atoms with Crippen LogP contribution in [0.25, 0.3) is 11.1 Å². The Balaban J connectivity index is 2.07. The number of nitrogens with one attached hydrogen (secondary N) is 2. The van der Waals surface area contributed by atoms with Gasteiger partial charge >= 0.3 is 5.76 Å². The number of oxazole rings is 1.